The van der Waals surface area contributed by atoms with Crippen LogP contribution < -0.4 is 5.32 Å². The van der Waals surface area contributed by atoms with Gasteiger partial charge in [-0.05, 0) is 31.7 Å². The van der Waals surface area contributed by atoms with Gasteiger partial charge in [0.25, 0.3) is 0 Å². The lowest BCUT2D eigenvalue weighted by Crippen LogP contribution is -2.34. The summed E-state index contributed by atoms with van der Waals surface area (Å²) >= 11 is 1.37. The predicted molar refractivity (Wildman–Crippen MR) is 93.5 cm³/mol. The fourth-order valence-corrected chi connectivity index (χ4v) is 2.87. The summed E-state index contributed by atoms with van der Waals surface area (Å²) in [7, 11) is 0. The second kappa shape index (κ2) is 9.35. The lowest BCUT2D eigenvalue weighted by molar-refractivity contribution is -0.119. The number of H-pyrrole nitrogens is 1. The summed E-state index contributed by atoms with van der Waals surface area (Å²) in [5.74, 6) is 1.25. The largest absolute Gasteiger partial charge is 0.353 e. The number of rotatable bonds is 9. The van der Waals surface area contributed by atoms with E-state index < -0.39 is 0 Å². The third-order valence-corrected chi connectivity index (χ3v) is 4.29. The van der Waals surface area contributed by atoms with E-state index in [1.165, 1.54) is 17.3 Å². The third kappa shape index (κ3) is 6.44. The van der Waals surface area contributed by atoms with Crippen LogP contribution in [0.25, 0.3) is 0 Å². The number of amides is 1. The monoisotopic (exact) mass is 332 g/mol. The predicted octanol–water partition coefficient (Wildman–Crippen LogP) is 2.99. The Balaban J connectivity index is 1.67. The van der Waals surface area contributed by atoms with E-state index in [4.69, 9.17) is 0 Å². The molecule has 1 aromatic carbocycles. The Morgan fingerprint density at radius 1 is 1.30 bits per heavy atom. The van der Waals surface area contributed by atoms with Crippen LogP contribution in [0, 0.1) is 0 Å². The zero-order valence-electron chi connectivity index (χ0n) is 13.7. The van der Waals surface area contributed by atoms with Crippen molar-refractivity contribution in [3.05, 3.63) is 41.7 Å². The summed E-state index contributed by atoms with van der Waals surface area (Å²) in [4.78, 5) is 16.3. The average molecular weight is 332 g/mol. The van der Waals surface area contributed by atoms with Gasteiger partial charge in [-0.15, -0.1) is 5.10 Å². The molecule has 1 amide bonds. The first-order chi connectivity index (χ1) is 11.2. The molecule has 0 radical (unpaired) electrons. The molecule has 6 heteroatoms. The Bertz CT molecular complexity index is 600. The van der Waals surface area contributed by atoms with E-state index in [9.17, 15) is 4.79 Å². The summed E-state index contributed by atoms with van der Waals surface area (Å²) in [5, 5.41) is 10.7. The van der Waals surface area contributed by atoms with Gasteiger partial charge in [0.15, 0.2) is 0 Å². The van der Waals surface area contributed by atoms with Gasteiger partial charge in [-0.2, -0.15) is 0 Å². The van der Waals surface area contributed by atoms with Gasteiger partial charge in [-0.1, -0.05) is 49.0 Å². The van der Waals surface area contributed by atoms with Gasteiger partial charge >= 0.3 is 0 Å². The average Bonchev–Trinajstić information content (AvgIpc) is 3.00. The molecule has 1 atom stereocenters. The molecule has 0 aliphatic heterocycles. The van der Waals surface area contributed by atoms with Gasteiger partial charge in [0, 0.05) is 12.5 Å². The molecule has 0 bridgehead atoms. The van der Waals surface area contributed by atoms with E-state index in [1.807, 2.05) is 25.1 Å². The molecule has 0 aliphatic rings. The number of benzene rings is 1. The number of nitrogens with zero attached hydrogens (tertiary/aromatic N) is 2. The lowest BCUT2D eigenvalue weighted by Gasteiger charge is -2.13. The Morgan fingerprint density at radius 2 is 2.09 bits per heavy atom. The van der Waals surface area contributed by atoms with Crippen molar-refractivity contribution in [3.63, 3.8) is 0 Å². The van der Waals surface area contributed by atoms with Crippen molar-refractivity contribution in [3.8, 4) is 0 Å². The summed E-state index contributed by atoms with van der Waals surface area (Å²) in [6, 6.07) is 10.5. The first-order valence-electron chi connectivity index (χ1n) is 8.04. The number of thioether (sulfide) groups is 1. The minimum absolute atomic E-state index is 0.0254. The minimum Gasteiger partial charge on any atom is -0.353 e. The maximum absolute atomic E-state index is 12.0. The number of hydrogen-bond donors (Lipinski definition) is 2. The van der Waals surface area contributed by atoms with Gasteiger partial charge < -0.3 is 5.32 Å². The standard InChI is InChI=1S/C17H24N4OS/c1-3-7-15-19-17(21-20-15)23-12-16(22)18-13(2)10-11-14-8-5-4-6-9-14/h4-6,8-9,13H,3,7,10-12H2,1-2H3,(H,18,22)(H,19,20,21). The maximum Gasteiger partial charge on any atom is 0.230 e. The lowest BCUT2D eigenvalue weighted by atomic mass is 10.1. The summed E-state index contributed by atoms with van der Waals surface area (Å²) in [6.45, 7) is 4.14. The molecule has 2 aromatic rings. The van der Waals surface area contributed by atoms with E-state index in [2.05, 4.69) is 39.6 Å². The van der Waals surface area contributed by atoms with Crippen LogP contribution in [0.5, 0.6) is 0 Å². The van der Waals surface area contributed by atoms with Crippen molar-refractivity contribution in [2.24, 2.45) is 0 Å². The summed E-state index contributed by atoms with van der Waals surface area (Å²) < 4.78 is 0. The van der Waals surface area contributed by atoms with Crippen LogP contribution in [-0.4, -0.2) is 32.9 Å². The van der Waals surface area contributed by atoms with Crippen molar-refractivity contribution in [1.82, 2.24) is 20.5 Å². The van der Waals surface area contributed by atoms with Gasteiger partial charge in [-0.3, -0.25) is 9.89 Å². The maximum atomic E-state index is 12.0. The summed E-state index contributed by atoms with van der Waals surface area (Å²) in [6.07, 6.45) is 3.81. The SMILES string of the molecule is CCCc1nc(SCC(=O)NC(C)CCc2ccccc2)n[nH]1. The molecule has 0 saturated carbocycles. The van der Waals surface area contributed by atoms with Crippen LogP contribution >= 0.6 is 11.8 Å². The number of carbonyl (C=O) groups excluding carboxylic acids is 1. The molecule has 23 heavy (non-hydrogen) atoms. The molecule has 5 nitrogen and oxygen atoms in total. The molecule has 0 saturated heterocycles. The topological polar surface area (TPSA) is 70.7 Å². The van der Waals surface area contributed by atoms with E-state index in [-0.39, 0.29) is 11.9 Å². The van der Waals surface area contributed by atoms with Crippen LogP contribution in [0.1, 0.15) is 38.1 Å². The Morgan fingerprint density at radius 3 is 2.83 bits per heavy atom. The van der Waals surface area contributed by atoms with E-state index in [1.54, 1.807) is 0 Å². The Labute approximate surface area is 141 Å². The normalized spacial score (nSPS) is 12.1. The van der Waals surface area contributed by atoms with Crippen molar-refractivity contribution in [1.29, 1.82) is 0 Å². The molecular weight excluding hydrogens is 308 g/mol. The van der Waals surface area contributed by atoms with Gasteiger partial charge in [-0.25, -0.2) is 4.98 Å². The smallest absolute Gasteiger partial charge is 0.230 e. The highest BCUT2D eigenvalue weighted by Gasteiger charge is 2.10. The first kappa shape index (κ1) is 17.5. The number of aryl methyl sites for hydroxylation is 2. The number of aromatic nitrogens is 3. The number of carbonyl (C=O) groups is 1. The molecule has 1 aromatic heterocycles. The van der Waals surface area contributed by atoms with Crippen molar-refractivity contribution < 1.29 is 4.79 Å². The zero-order valence-corrected chi connectivity index (χ0v) is 14.5. The number of nitrogens with one attached hydrogen (secondary N) is 2. The van der Waals surface area contributed by atoms with Gasteiger partial charge in [0.1, 0.15) is 5.82 Å². The van der Waals surface area contributed by atoms with Crippen LogP contribution in [0.3, 0.4) is 0 Å². The fourth-order valence-electron chi connectivity index (χ4n) is 2.24. The quantitative estimate of drug-likeness (QED) is 0.693. The molecule has 0 fully saturated rings. The number of hydrogen-bond acceptors (Lipinski definition) is 4. The minimum atomic E-state index is 0.0254. The highest BCUT2D eigenvalue weighted by Crippen LogP contribution is 2.12. The van der Waals surface area contributed by atoms with E-state index >= 15 is 0 Å². The fraction of sp³-hybridized carbons (Fsp3) is 0.471. The van der Waals surface area contributed by atoms with Gasteiger partial charge in [0.05, 0.1) is 5.75 Å². The van der Waals surface area contributed by atoms with Crippen LogP contribution in [0.2, 0.25) is 0 Å². The van der Waals surface area contributed by atoms with Crippen molar-refractivity contribution in [2.45, 2.75) is 50.7 Å². The third-order valence-electron chi connectivity index (χ3n) is 3.45. The van der Waals surface area contributed by atoms with Crippen molar-refractivity contribution >= 4 is 17.7 Å². The van der Waals surface area contributed by atoms with E-state index in [0.29, 0.717) is 10.9 Å². The second-order valence-electron chi connectivity index (χ2n) is 5.60. The molecule has 0 spiro atoms. The van der Waals surface area contributed by atoms with Gasteiger partial charge in [0.2, 0.25) is 11.1 Å². The van der Waals surface area contributed by atoms with Crippen LogP contribution in [-0.2, 0) is 17.6 Å². The number of aromatic amines is 1. The van der Waals surface area contributed by atoms with Crippen LogP contribution in [0.4, 0.5) is 0 Å². The molecule has 1 heterocycles. The van der Waals surface area contributed by atoms with Crippen molar-refractivity contribution in [2.75, 3.05) is 5.75 Å². The van der Waals surface area contributed by atoms with Crippen LogP contribution in [0.15, 0.2) is 35.5 Å². The molecule has 2 rings (SSSR count). The molecule has 2 N–H and O–H groups in total. The summed E-state index contributed by atoms with van der Waals surface area (Å²) in [5.41, 5.74) is 1.30. The second-order valence-corrected chi connectivity index (χ2v) is 6.54. The molecular formula is C17H24N4OS. The molecule has 1 unspecified atom stereocenters. The Kier molecular flexibility index (Phi) is 7.13. The molecule has 124 valence electrons. The zero-order chi connectivity index (χ0) is 16.5. The highest BCUT2D eigenvalue weighted by atomic mass is 32.2. The first-order valence-corrected chi connectivity index (χ1v) is 9.03. The Hall–Kier alpha value is -1.82. The molecule has 0 aliphatic carbocycles. The highest BCUT2D eigenvalue weighted by molar-refractivity contribution is 7.99. The van der Waals surface area contributed by atoms with E-state index in [0.717, 1.165) is 31.5 Å².